The summed E-state index contributed by atoms with van der Waals surface area (Å²) in [5.74, 6) is 0.263. The molecule has 0 saturated carbocycles. The zero-order chi connectivity index (χ0) is 15.9. The van der Waals surface area contributed by atoms with Gasteiger partial charge in [0.25, 0.3) is 0 Å². The van der Waals surface area contributed by atoms with E-state index >= 15 is 0 Å². The van der Waals surface area contributed by atoms with E-state index in [-0.39, 0.29) is 11.3 Å². The lowest BCUT2D eigenvalue weighted by molar-refractivity contribution is -0.125. The first kappa shape index (κ1) is 14.4. The first-order valence-corrected chi connectivity index (χ1v) is 8.08. The van der Waals surface area contributed by atoms with Crippen LogP contribution in [0, 0.1) is 5.41 Å². The summed E-state index contributed by atoms with van der Waals surface area (Å²) in [5.41, 5.74) is 1.91. The number of nitrogens with zero attached hydrogens (tertiary/aromatic N) is 5. The first-order valence-electron chi connectivity index (χ1n) is 8.08. The van der Waals surface area contributed by atoms with Crippen molar-refractivity contribution in [3.05, 3.63) is 42.5 Å². The highest BCUT2D eigenvalue weighted by Crippen LogP contribution is 2.42. The quantitative estimate of drug-likeness (QED) is 0.861. The Kier molecular flexibility index (Phi) is 3.41. The molecule has 1 unspecified atom stereocenters. The lowest BCUT2D eigenvalue weighted by Gasteiger charge is -2.23. The third-order valence-corrected chi connectivity index (χ3v) is 5.07. The van der Waals surface area contributed by atoms with Gasteiger partial charge in [-0.15, -0.1) is 0 Å². The number of hydrogen-bond donors (Lipinski definition) is 0. The van der Waals surface area contributed by atoms with Crippen LogP contribution in [-0.2, 0) is 18.4 Å². The smallest absolute Gasteiger partial charge is 0.234 e. The largest absolute Gasteiger partial charge is 0.310 e. The van der Waals surface area contributed by atoms with Crippen LogP contribution in [-0.4, -0.2) is 45.2 Å². The average Bonchev–Trinajstić information content (AvgIpc) is 3.24. The zero-order valence-electron chi connectivity index (χ0n) is 13.4. The SMILES string of the molecule is Cn1cc(CN2CCC3(CCN(c4cccnc4)C3=O)C2)cn1. The van der Waals surface area contributed by atoms with E-state index < -0.39 is 0 Å². The number of rotatable bonds is 3. The predicted octanol–water partition coefficient (Wildman–Crippen LogP) is 1.44. The van der Waals surface area contributed by atoms with Crippen LogP contribution in [0.4, 0.5) is 5.69 Å². The average molecular weight is 311 g/mol. The summed E-state index contributed by atoms with van der Waals surface area (Å²) in [5, 5.41) is 4.22. The van der Waals surface area contributed by atoms with Crippen LogP contribution in [0.25, 0.3) is 0 Å². The van der Waals surface area contributed by atoms with Crippen molar-refractivity contribution in [3.63, 3.8) is 0 Å². The number of hydrogen-bond acceptors (Lipinski definition) is 4. The standard InChI is InChI=1S/C17H21N5O/c1-20-11-14(9-19-20)12-21-7-4-17(13-21)5-8-22(16(17)23)15-3-2-6-18-10-15/h2-3,6,9-11H,4-5,7-8,12-13H2,1H3. The fourth-order valence-corrected chi connectivity index (χ4v) is 3.86. The highest BCUT2D eigenvalue weighted by Gasteiger charge is 2.50. The molecule has 1 amide bonds. The van der Waals surface area contributed by atoms with E-state index in [1.54, 1.807) is 12.4 Å². The molecular weight excluding hydrogens is 290 g/mol. The molecule has 2 saturated heterocycles. The molecule has 4 heterocycles. The second-order valence-electron chi connectivity index (χ2n) is 6.68. The van der Waals surface area contributed by atoms with Gasteiger partial charge in [-0.25, -0.2) is 0 Å². The number of pyridine rings is 1. The van der Waals surface area contributed by atoms with Crippen molar-refractivity contribution in [1.29, 1.82) is 0 Å². The second-order valence-corrected chi connectivity index (χ2v) is 6.68. The lowest BCUT2D eigenvalue weighted by Crippen LogP contribution is -2.36. The summed E-state index contributed by atoms with van der Waals surface area (Å²) in [6.45, 7) is 3.49. The van der Waals surface area contributed by atoms with E-state index in [4.69, 9.17) is 0 Å². The van der Waals surface area contributed by atoms with E-state index in [9.17, 15) is 4.79 Å². The van der Waals surface area contributed by atoms with Gasteiger partial charge in [-0.2, -0.15) is 5.10 Å². The Labute approximate surface area is 135 Å². The van der Waals surface area contributed by atoms with Crippen LogP contribution < -0.4 is 4.90 Å². The van der Waals surface area contributed by atoms with Crippen LogP contribution in [0.15, 0.2) is 36.9 Å². The highest BCUT2D eigenvalue weighted by molar-refractivity contribution is 6.00. The molecule has 2 fully saturated rings. The minimum atomic E-state index is -0.210. The third-order valence-electron chi connectivity index (χ3n) is 5.07. The summed E-state index contributed by atoms with van der Waals surface area (Å²) in [4.78, 5) is 21.4. The van der Waals surface area contributed by atoms with Gasteiger partial charge < -0.3 is 4.90 Å². The minimum absolute atomic E-state index is 0.210. The Morgan fingerprint density at radius 1 is 1.26 bits per heavy atom. The molecule has 2 aromatic rings. The Morgan fingerprint density at radius 3 is 2.87 bits per heavy atom. The summed E-state index contributed by atoms with van der Waals surface area (Å²) >= 11 is 0. The van der Waals surface area contributed by atoms with Crippen LogP contribution in [0.2, 0.25) is 0 Å². The van der Waals surface area contributed by atoms with E-state index in [1.807, 2.05) is 41.2 Å². The van der Waals surface area contributed by atoms with Gasteiger partial charge >= 0.3 is 0 Å². The number of carbonyl (C=O) groups excluding carboxylic acids is 1. The Morgan fingerprint density at radius 2 is 2.13 bits per heavy atom. The molecule has 0 aromatic carbocycles. The van der Waals surface area contributed by atoms with E-state index in [0.29, 0.717) is 0 Å². The maximum absolute atomic E-state index is 13.0. The van der Waals surface area contributed by atoms with Gasteiger partial charge in [0.05, 0.1) is 23.5 Å². The van der Waals surface area contributed by atoms with E-state index in [0.717, 1.165) is 44.7 Å². The number of aromatic nitrogens is 3. The van der Waals surface area contributed by atoms with Gasteiger partial charge in [0, 0.05) is 44.6 Å². The molecule has 1 atom stereocenters. The fraction of sp³-hybridized carbons (Fsp3) is 0.471. The normalized spacial score (nSPS) is 24.9. The summed E-state index contributed by atoms with van der Waals surface area (Å²) in [6, 6.07) is 3.85. The van der Waals surface area contributed by atoms with Crippen molar-refractivity contribution in [2.24, 2.45) is 12.5 Å². The highest BCUT2D eigenvalue weighted by atomic mass is 16.2. The molecule has 2 aliphatic rings. The predicted molar refractivity (Wildman–Crippen MR) is 86.7 cm³/mol. The summed E-state index contributed by atoms with van der Waals surface area (Å²) in [7, 11) is 1.93. The maximum Gasteiger partial charge on any atom is 0.234 e. The van der Waals surface area contributed by atoms with Gasteiger partial charge in [0.2, 0.25) is 5.91 Å². The molecule has 0 radical (unpaired) electrons. The Hall–Kier alpha value is -2.21. The monoisotopic (exact) mass is 311 g/mol. The fourth-order valence-electron chi connectivity index (χ4n) is 3.86. The van der Waals surface area contributed by atoms with Crippen molar-refractivity contribution < 1.29 is 4.79 Å². The minimum Gasteiger partial charge on any atom is -0.310 e. The van der Waals surface area contributed by atoms with Gasteiger partial charge in [0.15, 0.2) is 0 Å². The molecule has 6 nitrogen and oxygen atoms in total. The number of aryl methyl sites for hydroxylation is 1. The van der Waals surface area contributed by atoms with Crippen molar-refractivity contribution in [1.82, 2.24) is 19.7 Å². The first-order chi connectivity index (χ1) is 11.2. The van der Waals surface area contributed by atoms with Crippen LogP contribution in [0.3, 0.4) is 0 Å². The molecule has 120 valence electrons. The van der Waals surface area contributed by atoms with Gasteiger partial charge in [-0.1, -0.05) is 0 Å². The number of likely N-dealkylation sites (tertiary alicyclic amines) is 1. The van der Waals surface area contributed by atoms with Crippen LogP contribution in [0.5, 0.6) is 0 Å². The summed E-state index contributed by atoms with van der Waals surface area (Å²) in [6.07, 6.45) is 9.35. The second kappa shape index (κ2) is 5.45. The van der Waals surface area contributed by atoms with Crippen molar-refractivity contribution in [3.8, 4) is 0 Å². The summed E-state index contributed by atoms with van der Waals surface area (Å²) < 4.78 is 1.83. The molecule has 0 aliphatic carbocycles. The van der Waals surface area contributed by atoms with Crippen LogP contribution in [0.1, 0.15) is 18.4 Å². The molecule has 2 aromatic heterocycles. The third kappa shape index (κ3) is 2.53. The molecule has 6 heteroatoms. The lowest BCUT2D eigenvalue weighted by atomic mass is 9.85. The number of amides is 1. The zero-order valence-corrected chi connectivity index (χ0v) is 13.4. The van der Waals surface area contributed by atoms with Gasteiger partial charge in [-0.3, -0.25) is 19.4 Å². The van der Waals surface area contributed by atoms with E-state index in [2.05, 4.69) is 15.0 Å². The van der Waals surface area contributed by atoms with Gasteiger partial charge in [-0.05, 0) is 31.5 Å². The maximum atomic E-state index is 13.0. The molecule has 2 aliphatic heterocycles. The van der Waals surface area contributed by atoms with Crippen molar-refractivity contribution >= 4 is 11.6 Å². The molecular formula is C17H21N5O. The molecule has 4 rings (SSSR count). The molecule has 1 spiro atoms. The Balaban J connectivity index is 1.47. The number of anilines is 1. The Bertz CT molecular complexity index is 713. The van der Waals surface area contributed by atoms with Gasteiger partial charge in [0.1, 0.15) is 0 Å². The number of carbonyl (C=O) groups is 1. The van der Waals surface area contributed by atoms with Crippen LogP contribution >= 0.6 is 0 Å². The molecule has 23 heavy (non-hydrogen) atoms. The van der Waals surface area contributed by atoms with Crippen molar-refractivity contribution in [2.75, 3.05) is 24.5 Å². The topological polar surface area (TPSA) is 54.3 Å². The molecule has 0 N–H and O–H groups in total. The van der Waals surface area contributed by atoms with E-state index in [1.165, 1.54) is 5.56 Å². The van der Waals surface area contributed by atoms with Crippen molar-refractivity contribution in [2.45, 2.75) is 19.4 Å². The molecule has 0 bridgehead atoms.